The molecule has 0 radical (unpaired) electrons. The van der Waals surface area contributed by atoms with Gasteiger partial charge in [0.2, 0.25) is 0 Å². The van der Waals surface area contributed by atoms with Gasteiger partial charge in [-0.25, -0.2) is 0 Å². The van der Waals surface area contributed by atoms with Crippen molar-refractivity contribution in [2.24, 2.45) is 0 Å². The lowest BCUT2D eigenvalue weighted by atomic mass is 10.0. The van der Waals surface area contributed by atoms with Crippen LogP contribution in [-0.2, 0) is 6.54 Å². The summed E-state index contributed by atoms with van der Waals surface area (Å²) >= 11 is 6.32. The number of benzene rings is 1. The van der Waals surface area contributed by atoms with Gasteiger partial charge >= 0.3 is 0 Å². The van der Waals surface area contributed by atoms with Crippen molar-refractivity contribution in [1.82, 2.24) is 15.4 Å². The fourth-order valence-electron chi connectivity index (χ4n) is 2.51. The second-order valence-electron chi connectivity index (χ2n) is 4.70. The second kappa shape index (κ2) is 5.74. The molecule has 0 spiro atoms. The molecule has 1 atom stereocenters. The van der Waals surface area contributed by atoms with Gasteiger partial charge < -0.3 is 9.84 Å². The first-order valence-corrected chi connectivity index (χ1v) is 6.81. The third-order valence-electron chi connectivity index (χ3n) is 3.47. The molecule has 1 aliphatic heterocycles. The first-order chi connectivity index (χ1) is 9.34. The van der Waals surface area contributed by atoms with E-state index in [2.05, 4.69) is 21.4 Å². The van der Waals surface area contributed by atoms with Crippen LogP contribution in [0.2, 0.25) is 5.02 Å². The molecule has 1 N–H and O–H groups in total. The van der Waals surface area contributed by atoms with Gasteiger partial charge in [-0.3, -0.25) is 4.90 Å². The van der Waals surface area contributed by atoms with Crippen LogP contribution in [-0.4, -0.2) is 29.7 Å². The molecular weight excluding hydrogens is 262 g/mol. The van der Waals surface area contributed by atoms with Crippen molar-refractivity contribution in [2.45, 2.75) is 12.6 Å². The molecule has 1 saturated heterocycles. The highest BCUT2D eigenvalue weighted by Gasteiger charge is 2.25. The molecule has 1 aliphatic rings. The summed E-state index contributed by atoms with van der Waals surface area (Å²) in [5.41, 5.74) is 2.12. The summed E-state index contributed by atoms with van der Waals surface area (Å²) in [7, 11) is 0. The zero-order chi connectivity index (χ0) is 13.1. The smallest absolute Gasteiger partial charge is 0.124 e. The Kier molecular flexibility index (Phi) is 3.82. The van der Waals surface area contributed by atoms with E-state index in [1.165, 1.54) is 5.56 Å². The van der Waals surface area contributed by atoms with Crippen molar-refractivity contribution in [2.75, 3.05) is 19.6 Å². The molecule has 0 saturated carbocycles. The Labute approximate surface area is 117 Å². The molecule has 1 unspecified atom stereocenters. The summed E-state index contributed by atoms with van der Waals surface area (Å²) in [5, 5.41) is 8.24. The Bertz CT molecular complexity index is 529. The lowest BCUT2D eigenvalue weighted by Crippen LogP contribution is -2.45. The fourth-order valence-corrected chi connectivity index (χ4v) is 2.78. The molecule has 0 amide bonds. The minimum atomic E-state index is 0.277. The molecule has 0 aliphatic carbocycles. The van der Waals surface area contributed by atoms with Gasteiger partial charge in [0.25, 0.3) is 0 Å². The normalized spacial score (nSPS) is 20.6. The first kappa shape index (κ1) is 12.7. The van der Waals surface area contributed by atoms with Crippen molar-refractivity contribution in [3.63, 3.8) is 0 Å². The predicted molar refractivity (Wildman–Crippen MR) is 74.0 cm³/mol. The van der Waals surface area contributed by atoms with E-state index in [4.69, 9.17) is 16.1 Å². The molecule has 2 aromatic rings. The van der Waals surface area contributed by atoms with Crippen LogP contribution in [0.3, 0.4) is 0 Å². The van der Waals surface area contributed by atoms with Gasteiger partial charge in [0, 0.05) is 43.3 Å². The molecule has 19 heavy (non-hydrogen) atoms. The molecule has 4 nitrogen and oxygen atoms in total. The number of hydrogen-bond donors (Lipinski definition) is 1. The van der Waals surface area contributed by atoms with Crippen LogP contribution in [0.15, 0.2) is 41.1 Å². The summed E-state index contributed by atoms with van der Waals surface area (Å²) in [5.74, 6) is 0. The highest BCUT2D eigenvalue weighted by molar-refractivity contribution is 6.31. The highest BCUT2D eigenvalue weighted by atomic mass is 35.5. The van der Waals surface area contributed by atoms with Crippen molar-refractivity contribution in [1.29, 1.82) is 0 Å². The number of halogens is 1. The molecule has 100 valence electrons. The van der Waals surface area contributed by atoms with E-state index in [-0.39, 0.29) is 6.04 Å². The van der Waals surface area contributed by atoms with Crippen LogP contribution in [0, 0.1) is 0 Å². The lowest BCUT2D eigenvalue weighted by Gasteiger charge is -2.36. The molecule has 2 heterocycles. The maximum atomic E-state index is 6.32. The lowest BCUT2D eigenvalue weighted by molar-refractivity contribution is 0.150. The van der Waals surface area contributed by atoms with E-state index in [1.807, 2.05) is 24.3 Å². The Morgan fingerprint density at radius 2 is 2.26 bits per heavy atom. The van der Waals surface area contributed by atoms with Crippen LogP contribution < -0.4 is 5.32 Å². The van der Waals surface area contributed by atoms with Crippen LogP contribution in [0.25, 0.3) is 0 Å². The van der Waals surface area contributed by atoms with Crippen LogP contribution in [0.1, 0.15) is 17.3 Å². The Morgan fingerprint density at radius 3 is 3.05 bits per heavy atom. The summed E-state index contributed by atoms with van der Waals surface area (Å²) in [6.45, 7) is 3.65. The van der Waals surface area contributed by atoms with Gasteiger partial charge in [0.15, 0.2) is 0 Å². The van der Waals surface area contributed by atoms with E-state index in [9.17, 15) is 0 Å². The van der Waals surface area contributed by atoms with E-state index in [0.29, 0.717) is 0 Å². The maximum absolute atomic E-state index is 6.32. The van der Waals surface area contributed by atoms with Crippen molar-refractivity contribution >= 4 is 11.6 Å². The number of rotatable bonds is 3. The third-order valence-corrected chi connectivity index (χ3v) is 3.82. The third kappa shape index (κ3) is 2.81. The average Bonchev–Trinajstić information content (AvgIpc) is 2.93. The van der Waals surface area contributed by atoms with Crippen molar-refractivity contribution in [3.8, 4) is 0 Å². The monoisotopic (exact) mass is 277 g/mol. The van der Waals surface area contributed by atoms with Crippen molar-refractivity contribution < 1.29 is 4.52 Å². The highest BCUT2D eigenvalue weighted by Crippen LogP contribution is 2.29. The largest absolute Gasteiger partial charge is 0.364 e. The van der Waals surface area contributed by atoms with Gasteiger partial charge in [-0.2, -0.15) is 0 Å². The molecule has 0 bridgehead atoms. The number of nitrogens with one attached hydrogen (secondary N) is 1. The Morgan fingerprint density at radius 1 is 1.37 bits per heavy atom. The summed E-state index contributed by atoms with van der Waals surface area (Å²) in [6, 6.07) is 10.2. The van der Waals surface area contributed by atoms with Gasteiger partial charge in [0.1, 0.15) is 6.26 Å². The molecular formula is C14H16ClN3O. The number of aromatic nitrogens is 1. The Balaban J connectivity index is 1.83. The second-order valence-corrected chi connectivity index (χ2v) is 5.11. The fraction of sp³-hybridized carbons (Fsp3) is 0.357. The van der Waals surface area contributed by atoms with Crippen LogP contribution in [0.5, 0.6) is 0 Å². The minimum Gasteiger partial charge on any atom is -0.364 e. The quantitative estimate of drug-likeness (QED) is 0.936. The van der Waals surface area contributed by atoms with E-state index >= 15 is 0 Å². The van der Waals surface area contributed by atoms with Crippen molar-refractivity contribution in [3.05, 3.63) is 52.9 Å². The zero-order valence-electron chi connectivity index (χ0n) is 10.6. The Hall–Kier alpha value is -1.36. The molecule has 5 heteroatoms. The zero-order valence-corrected chi connectivity index (χ0v) is 11.3. The molecule has 1 fully saturated rings. The molecule has 1 aromatic carbocycles. The predicted octanol–water partition coefficient (Wildman–Crippen LogP) is 2.47. The van der Waals surface area contributed by atoms with Gasteiger partial charge in [0.05, 0.1) is 5.69 Å². The average molecular weight is 278 g/mol. The van der Waals surface area contributed by atoms with Gasteiger partial charge in [-0.15, -0.1) is 0 Å². The number of nitrogens with zero attached hydrogens (tertiary/aromatic N) is 2. The molecule has 1 aromatic heterocycles. The van der Waals surface area contributed by atoms with Gasteiger partial charge in [-0.1, -0.05) is 35.0 Å². The van der Waals surface area contributed by atoms with Crippen LogP contribution >= 0.6 is 11.6 Å². The summed E-state index contributed by atoms with van der Waals surface area (Å²) < 4.78 is 4.90. The number of piperazine rings is 1. The topological polar surface area (TPSA) is 41.3 Å². The molecule has 3 rings (SSSR count). The van der Waals surface area contributed by atoms with E-state index in [1.54, 1.807) is 6.26 Å². The summed E-state index contributed by atoms with van der Waals surface area (Å²) in [4.78, 5) is 2.38. The minimum absolute atomic E-state index is 0.277. The SMILES string of the molecule is Clc1ccccc1C1CNCCN1Cc1ccon1. The standard InChI is InChI=1S/C14H16ClN3O/c15-13-4-2-1-3-12(13)14-9-16-6-7-18(14)10-11-5-8-19-17-11/h1-5,8,14,16H,6-7,9-10H2. The first-order valence-electron chi connectivity index (χ1n) is 6.43. The number of hydrogen-bond acceptors (Lipinski definition) is 4. The maximum Gasteiger partial charge on any atom is 0.124 e. The summed E-state index contributed by atoms with van der Waals surface area (Å²) in [6.07, 6.45) is 1.61. The van der Waals surface area contributed by atoms with E-state index < -0.39 is 0 Å². The van der Waals surface area contributed by atoms with Crippen LogP contribution in [0.4, 0.5) is 0 Å². The van der Waals surface area contributed by atoms with E-state index in [0.717, 1.165) is 36.9 Å². The van der Waals surface area contributed by atoms with Gasteiger partial charge in [-0.05, 0) is 11.6 Å².